The largest absolute Gasteiger partial charge is 0.278 e. The van der Waals surface area contributed by atoms with Crippen LogP contribution >= 0.6 is 0 Å². The molecule has 12 nitrogen and oxygen atoms in total. The van der Waals surface area contributed by atoms with E-state index in [9.17, 15) is 0 Å². The van der Waals surface area contributed by atoms with E-state index in [1.54, 1.807) is 0 Å². The summed E-state index contributed by atoms with van der Waals surface area (Å²) in [6, 6.07) is 155. The molecule has 12 heteroatoms. The fourth-order valence-electron chi connectivity index (χ4n) is 16.4. The first-order valence-electron chi connectivity index (χ1n) is 41.1. The SMILES string of the molecule is c1ccc(-c2ccc(-c3nc(-c4cccc(-c5ccccc5)c4)nc(-n4c5ccccc5c5cc(-c6ccccc6)ccc54)n3)cc2)cc1.c1ccc(-c2ccc(-c3nc(-c4ccccc4)nc(-n4c5ccccc5c5cc(-c6ccccc6)ccc54)n3)cc2)cc1.c1ccc(-c2nc(-c3ccccc3)nc(-n3c4ccccc4c4ccccc43)n2)cc1. The van der Waals surface area contributed by atoms with Crippen LogP contribution in [0, 0.1) is 0 Å². The second-order valence-electron chi connectivity index (χ2n) is 30.1. The van der Waals surface area contributed by atoms with Gasteiger partial charge in [0.2, 0.25) is 17.8 Å². The van der Waals surface area contributed by atoms with Crippen LogP contribution < -0.4 is 0 Å². The van der Waals surface area contributed by atoms with E-state index >= 15 is 0 Å². The zero-order valence-corrected chi connectivity index (χ0v) is 66.6. The van der Waals surface area contributed by atoms with Gasteiger partial charge in [-0.3, -0.25) is 13.7 Å². The molecule has 17 aromatic carbocycles. The van der Waals surface area contributed by atoms with Crippen molar-refractivity contribution in [3.8, 4) is 142 Å². The highest BCUT2D eigenvalue weighted by Crippen LogP contribution is 2.40. The summed E-state index contributed by atoms with van der Waals surface area (Å²) in [5.74, 6) is 5.62. The molecule has 0 spiro atoms. The molecule has 123 heavy (non-hydrogen) atoms. The molecular formula is C111H74N12. The van der Waals surface area contributed by atoms with E-state index in [0.717, 1.165) is 110 Å². The van der Waals surface area contributed by atoms with Crippen molar-refractivity contribution in [1.82, 2.24) is 58.6 Å². The molecule has 0 aliphatic rings. The fourth-order valence-corrected chi connectivity index (χ4v) is 16.4. The maximum atomic E-state index is 5.19. The normalized spacial score (nSPS) is 11.3. The number of aromatic nitrogens is 12. The van der Waals surface area contributed by atoms with Crippen LogP contribution in [0.4, 0.5) is 0 Å². The Morgan fingerprint density at radius 1 is 0.114 bits per heavy atom. The Hall–Kier alpha value is -16.8. The van der Waals surface area contributed by atoms with Gasteiger partial charge in [-0.1, -0.05) is 394 Å². The summed E-state index contributed by atoms with van der Waals surface area (Å²) in [5, 5.41) is 6.98. The molecule has 0 aliphatic carbocycles. The quantitative estimate of drug-likeness (QED) is 0.104. The molecule has 6 aromatic heterocycles. The van der Waals surface area contributed by atoms with Gasteiger partial charge in [0.05, 0.1) is 33.1 Å². The lowest BCUT2D eigenvalue weighted by Gasteiger charge is -2.12. The third kappa shape index (κ3) is 14.8. The molecule has 0 saturated heterocycles. The molecule has 578 valence electrons. The highest BCUT2D eigenvalue weighted by Gasteiger charge is 2.23. The van der Waals surface area contributed by atoms with Crippen LogP contribution in [0.25, 0.3) is 207 Å². The summed E-state index contributed by atoms with van der Waals surface area (Å²) in [6.45, 7) is 0. The number of hydrogen-bond acceptors (Lipinski definition) is 9. The Labute approximate surface area is 710 Å². The Morgan fingerprint density at radius 3 is 0.585 bits per heavy atom. The van der Waals surface area contributed by atoms with Gasteiger partial charge in [-0.2, -0.15) is 29.9 Å². The minimum absolute atomic E-state index is 0.580. The van der Waals surface area contributed by atoms with Gasteiger partial charge in [0.15, 0.2) is 34.9 Å². The smallest absolute Gasteiger partial charge is 0.238 e. The predicted octanol–water partition coefficient (Wildman–Crippen LogP) is 27.2. The van der Waals surface area contributed by atoms with E-state index < -0.39 is 0 Å². The summed E-state index contributed by atoms with van der Waals surface area (Å²) >= 11 is 0. The standard InChI is InChI=1S/C45H30N4.C39H26N4.C27H18N4/c1-4-13-31(14-5-1)34-23-25-35(26-24-34)43-46-44(38-20-12-19-36(29-38)32-15-6-2-7-16-32)48-45(47-43)49-41-22-11-10-21-39(41)40-30-37(27-28-42(40)49)33-17-8-3-9-18-33;1-4-12-27(13-5-1)29-20-22-31(23-21-29)38-40-37(30-16-8-3-9-17-30)41-39(42-38)43-35-19-11-10-18-33(35)34-26-32(24-25-36(34)43)28-14-6-2-7-15-28;1-3-11-19(12-4-1)25-28-26(20-13-5-2-6-14-20)30-27(29-25)31-23-17-9-7-15-21(23)22-16-8-10-18-24(22)31/h1-30H;1-26H;1-18H. The predicted molar refractivity (Wildman–Crippen MR) is 502 cm³/mol. The maximum absolute atomic E-state index is 5.19. The lowest BCUT2D eigenvalue weighted by atomic mass is 10.0. The Morgan fingerprint density at radius 2 is 0.293 bits per heavy atom. The van der Waals surface area contributed by atoms with E-state index in [1.807, 2.05) is 115 Å². The Bertz CT molecular complexity index is 7630. The van der Waals surface area contributed by atoms with Gasteiger partial charge in [-0.15, -0.1) is 0 Å². The Kier molecular flexibility index (Phi) is 19.7. The topological polar surface area (TPSA) is 131 Å². The molecule has 0 fully saturated rings. The van der Waals surface area contributed by atoms with E-state index in [2.05, 4.69) is 347 Å². The van der Waals surface area contributed by atoms with Gasteiger partial charge >= 0.3 is 0 Å². The zero-order valence-electron chi connectivity index (χ0n) is 66.6. The van der Waals surface area contributed by atoms with Gasteiger partial charge < -0.3 is 0 Å². The van der Waals surface area contributed by atoms with Crippen LogP contribution in [-0.4, -0.2) is 58.6 Å². The first-order chi connectivity index (χ1) is 61.0. The van der Waals surface area contributed by atoms with Gasteiger partial charge in [0.1, 0.15) is 0 Å². The van der Waals surface area contributed by atoms with E-state index in [1.165, 1.54) is 44.2 Å². The molecule has 0 amide bonds. The van der Waals surface area contributed by atoms with Crippen LogP contribution in [0.3, 0.4) is 0 Å². The van der Waals surface area contributed by atoms with Gasteiger partial charge in [-0.05, 0) is 110 Å². The van der Waals surface area contributed by atoms with Gasteiger partial charge in [-0.25, -0.2) is 15.0 Å². The average Bonchev–Trinajstić information content (AvgIpc) is 1.61. The first-order valence-corrected chi connectivity index (χ1v) is 41.1. The first kappa shape index (κ1) is 73.8. The number of benzene rings is 17. The molecule has 0 radical (unpaired) electrons. The number of nitrogens with zero attached hydrogens (tertiary/aromatic N) is 12. The molecule has 0 N–H and O–H groups in total. The minimum Gasteiger partial charge on any atom is -0.278 e. The number of para-hydroxylation sites is 4. The number of fused-ring (bicyclic) bond motifs is 9. The molecule has 0 bridgehead atoms. The molecular weight excluding hydrogens is 1500 g/mol. The summed E-state index contributed by atoms with van der Waals surface area (Å²) in [4.78, 5) is 45.2. The maximum Gasteiger partial charge on any atom is 0.238 e. The second-order valence-corrected chi connectivity index (χ2v) is 30.1. The van der Waals surface area contributed by atoms with Crippen molar-refractivity contribution in [1.29, 1.82) is 0 Å². The molecule has 0 unspecified atom stereocenters. The van der Waals surface area contributed by atoms with Crippen LogP contribution in [-0.2, 0) is 0 Å². The minimum atomic E-state index is 0.580. The van der Waals surface area contributed by atoms with Gasteiger partial charge in [0.25, 0.3) is 0 Å². The highest BCUT2D eigenvalue weighted by molar-refractivity contribution is 6.12. The second kappa shape index (κ2) is 32.9. The molecule has 6 heterocycles. The fraction of sp³-hybridized carbons (Fsp3) is 0. The van der Waals surface area contributed by atoms with Crippen LogP contribution in [0.15, 0.2) is 449 Å². The molecule has 0 saturated carbocycles. The van der Waals surface area contributed by atoms with Crippen molar-refractivity contribution in [2.75, 3.05) is 0 Å². The van der Waals surface area contributed by atoms with Crippen LogP contribution in [0.2, 0.25) is 0 Å². The molecule has 23 aromatic rings. The summed E-state index contributed by atoms with van der Waals surface area (Å²) in [6.07, 6.45) is 0. The third-order valence-corrected chi connectivity index (χ3v) is 22.4. The number of hydrogen-bond donors (Lipinski definition) is 0. The molecule has 0 aliphatic heterocycles. The summed E-state index contributed by atoms with van der Waals surface area (Å²) < 4.78 is 6.47. The third-order valence-electron chi connectivity index (χ3n) is 22.4. The Balaban J connectivity index is 0.000000116. The lowest BCUT2D eigenvalue weighted by Crippen LogP contribution is -2.06. The van der Waals surface area contributed by atoms with Crippen molar-refractivity contribution < 1.29 is 0 Å². The van der Waals surface area contributed by atoms with Crippen LogP contribution in [0.1, 0.15) is 0 Å². The van der Waals surface area contributed by atoms with Gasteiger partial charge in [0, 0.05) is 65.7 Å². The lowest BCUT2D eigenvalue weighted by molar-refractivity contribution is 0.953. The number of rotatable bonds is 14. The van der Waals surface area contributed by atoms with Crippen molar-refractivity contribution in [2.24, 2.45) is 0 Å². The molecule has 23 rings (SSSR count). The van der Waals surface area contributed by atoms with Crippen LogP contribution in [0.5, 0.6) is 0 Å². The van der Waals surface area contributed by atoms with E-state index in [0.29, 0.717) is 52.8 Å². The summed E-state index contributed by atoms with van der Waals surface area (Å²) in [5.41, 5.74) is 23.6. The highest BCUT2D eigenvalue weighted by atomic mass is 15.2. The van der Waals surface area contributed by atoms with Crippen molar-refractivity contribution >= 4 is 65.4 Å². The van der Waals surface area contributed by atoms with Crippen molar-refractivity contribution in [2.45, 2.75) is 0 Å². The van der Waals surface area contributed by atoms with E-state index in [-0.39, 0.29) is 0 Å². The average molecular weight is 1580 g/mol. The zero-order chi connectivity index (χ0) is 81.8. The van der Waals surface area contributed by atoms with Crippen molar-refractivity contribution in [3.63, 3.8) is 0 Å². The van der Waals surface area contributed by atoms with Crippen molar-refractivity contribution in [3.05, 3.63) is 449 Å². The monoisotopic (exact) mass is 1570 g/mol. The molecule has 0 atom stereocenters. The summed E-state index contributed by atoms with van der Waals surface area (Å²) in [7, 11) is 0. The van der Waals surface area contributed by atoms with E-state index in [4.69, 9.17) is 44.9 Å².